The molecule has 0 saturated carbocycles. The summed E-state index contributed by atoms with van der Waals surface area (Å²) in [7, 11) is 1.25. The van der Waals surface area contributed by atoms with Crippen molar-refractivity contribution in [2.24, 2.45) is 7.05 Å². The molecule has 1 amide bonds. The van der Waals surface area contributed by atoms with Crippen molar-refractivity contribution >= 4 is 32.7 Å². The fourth-order valence-corrected chi connectivity index (χ4v) is 4.29. The first kappa shape index (κ1) is 23.7. The minimum Gasteiger partial charge on any atom is -0.506 e. The smallest absolute Gasteiger partial charge is 0.242 e. The van der Waals surface area contributed by atoms with Crippen LogP contribution in [-0.2, 0) is 33.7 Å². The highest BCUT2D eigenvalue weighted by molar-refractivity contribution is 7.89. The largest absolute Gasteiger partial charge is 0.506 e. The number of carbonyl (C=O) groups excluding carboxylic acids is 1. The maximum Gasteiger partial charge on any atom is 0.242 e. The molecule has 0 saturated heterocycles. The van der Waals surface area contributed by atoms with Crippen LogP contribution in [0.4, 0.5) is 5.69 Å². The quantitative estimate of drug-likeness (QED) is 0.551. The van der Waals surface area contributed by atoms with Gasteiger partial charge in [0.05, 0.1) is 21.6 Å². The molecule has 2 N–H and O–H groups in total. The number of hydrogen-bond acceptors (Lipinski definition) is 5. The number of phenols is 1. The fourth-order valence-electron chi connectivity index (χ4n) is 3.37. The first-order chi connectivity index (χ1) is 14.8. The molecule has 32 heavy (non-hydrogen) atoms. The van der Waals surface area contributed by atoms with Crippen LogP contribution in [0, 0.1) is 0 Å². The van der Waals surface area contributed by atoms with Crippen LogP contribution in [-0.4, -0.2) is 47.4 Å². The van der Waals surface area contributed by atoms with E-state index in [2.05, 4.69) is 31.1 Å². The molecule has 172 valence electrons. The number of aromatic nitrogens is 2. The van der Waals surface area contributed by atoms with E-state index in [1.54, 1.807) is 30.3 Å². The third-order valence-electron chi connectivity index (χ3n) is 5.44. The number of imidazole rings is 1. The van der Waals surface area contributed by atoms with E-state index < -0.39 is 10.0 Å². The third kappa shape index (κ3) is 4.78. The minimum absolute atomic E-state index is 0.0173. The highest BCUT2D eigenvalue weighted by atomic mass is 32.2. The number of anilines is 1. The maximum absolute atomic E-state index is 12.5. The standard InChI is InChI=1S/C23H30N4O4S/c1-23(2,3)15-7-10-20(28)18(13-15)25-22(29)12-11-21-24-17-14-16(32(30,31)26(4)5)8-9-19(17)27(21)6/h7-10,13-14,28H,11-12H2,1-6H3,(H,25,29). The SMILES string of the molecule is CN(C)S(=O)(=O)c1ccc2c(c1)nc(CCC(=O)Nc1cc(C(C)(C)C)ccc1O)n2C. The van der Waals surface area contributed by atoms with Crippen LogP contribution in [0.25, 0.3) is 11.0 Å². The zero-order valence-electron chi connectivity index (χ0n) is 19.3. The summed E-state index contributed by atoms with van der Waals surface area (Å²) < 4.78 is 27.8. The Hall–Kier alpha value is -2.91. The van der Waals surface area contributed by atoms with Gasteiger partial charge in [-0.15, -0.1) is 0 Å². The summed E-state index contributed by atoms with van der Waals surface area (Å²) in [5.74, 6) is 0.445. The number of carbonyl (C=O) groups is 1. The van der Waals surface area contributed by atoms with Crippen molar-refractivity contribution in [2.75, 3.05) is 19.4 Å². The third-order valence-corrected chi connectivity index (χ3v) is 7.25. The highest BCUT2D eigenvalue weighted by Gasteiger charge is 2.20. The van der Waals surface area contributed by atoms with E-state index in [9.17, 15) is 18.3 Å². The van der Waals surface area contributed by atoms with E-state index >= 15 is 0 Å². The lowest BCUT2D eigenvalue weighted by Gasteiger charge is -2.20. The number of nitrogens with zero attached hydrogens (tertiary/aromatic N) is 3. The van der Waals surface area contributed by atoms with E-state index in [0.717, 1.165) is 15.4 Å². The average molecular weight is 459 g/mol. The molecule has 9 heteroatoms. The Morgan fingerprint density at radius 2 is 1.84 bits per heavy atom. The zero-order chi connectivity index (χ0) is 23.8. The van der Waals surface area contributed by atoms with E-state index in [0.29, 0.717) is 23.4 Å². The highest BCUT2D eigenvalue weighted by Crippen LogP contribution is 2.31. The second-order valence-corrected chi connectivity index (χ2v) is 11.2. The summed E-state index contributed by atoms with van der Waals surface area (Å²) in [6.45, 7) is 6.18. The van der Waals surface area contributed by atoms with Gasteiger partial charge in [0.15, 0.2) is 0 Å². The molecule has 0 radical (unpaired) electrons. The summed E-state index contributed by atoms with van der Waals surface area (Å²) in [5, 5.41) is 12.9. The van der Waals surface area contributed by atoms with Gasteiger partial charge in [0.2, 0.25) is 15.9 Å². The van der Waals surface area contributed by atoms with Crippen molar-refractivity contribution in [1.29, 1.82) is 0 Å². The van der Waals surface area contributed by atoms with Gasteiger partial charge in [-0.05, 0) is 41.3 Å². The Kier molecular flexibility index (Phi) is 6.35. The van der Waals surface area contributed by atoms with E-state index in [4.69, 9.17) is 0 Å². The average Bonchev–Trinajstić information content (AvgIpc) is 3.02. The Morgan fingerprint density at radius 1 is 1.16 bits per heavy atom. The van der Waals surface area contributed by atoms with Crippen molar-refractivity contribution < 1.29 is 18.3 Å². The molecule has 0 bridgehead atoms. The molecule has 0 unspecified atom stereocenters. The normalized spacial score (nSPS) is 12.5. The van der Waals surface area contributed by atoms with Crippen LogP contribution in [0.1, 0.15) is 38.6 Å². The molecule has 0 aliphatic heterocycles. The maximum atomic E-state index is 12.5. The number of phenolic OH excluding ortho intramolecular Hbond substituents is 1. The number of aromatic hydroxyl groups is 1. The monoisotopic (exact) mass is 458 g/mol. The molecular formula is C23H30N4O4S. The number of sulfonamides is 1. The van der Waals surface area contributed by atoms with Crippen molar-refractivity contribution in [3.05, 3.63) is 47.8 Å². The van der Waals surface area contributed by atoms with Crippen LogP contribution in [0.3, 0.4) is 0 Å². The Balaban J connectivity index is 1.76. The van der Waals surface area contributed by atoms with Gasteiger partial charge in [-0.25, -0.2) is 17.7 Å². The number of nitrogens with one attached hydrogen (secondary N) is 1. The molecule has 0 aliphatic rings. The summed E-state index contributed by atoms with van der Waals surface area (Å²) in [6.07, 6.45) is 0.533. The number of hydrogen-bond donors (Lipinski definition) is 2. The lowest BCUT2D eigenvalue weighted by atomic mass is 9.87. The van der Waals surface area contributed by atoms with E-state index in [1.165, 1.54) is 14.1 Å². The Bertz CT molecular complexity index is 1270. The molecule has 8 nitrogen and oxygen atoms in total. The molecule has 3 aromatic rings. The van der Waals surface area contributed by atoms with Gasteiger partial charge in [0.25, 0.3) is 0 Å². The van der Waals surface area contributed by atoms with Crippen LogP contribution in [0.15, 0.2) is 41.3 Å². The van der Waals surface area contributed by atoms with Crippen molar-refractivity contribution in [2.45, 2.75) is 43.9 Å². The van der Waals surface area contributed by atoms with Crippen molar-refractivity contribution in [3.63, 3.8) is 0 Å². The van der Waals surface area contributed by atoms with Gasteiger partial charge in [-0.3, -0.25) is 4.79 Å². The lowest BCUT2D eigenvalue weighted by Crippen LogP contribution is -2.22. The zero-order valence-corrected chi connectivity index (χ0v) is 20.1. The number of aryl methyl sites for hydroxylation is 2. The van der Waals surface area contributed by atoms with E-state index in [-0.39, 0.29) is 28.4 Å². The molecule has 1 aromatic heterocycles. The van der Waals surface area contributed by atoms with Crippen molar-refractivity contribution in [1.82, 2.24) is 13.9 Å². The second-order valence-electron chi connectivity index (χ2n) is 9.06. The number of benzene rings is 2. The molecule has 2 aromatic carbocycles. The van der Waals surface area contributed by atoms with Crippen LogP contribution in [0.5, 0.6) is 5.75 Å². The predicted molar refractivity (Wildman–Crippen MR) is 125 cm³/mol. The molecule has 1 heterocycles. The number of rotatable bonds is 6. The summed E-state index contributed by atoms with van der Waals surface area (Å²) in [5.41, 5.74) is 2.62. The van der Waals surface area contributed by atoms with Gasteiger partial charge < -0.3 is 15.0 Å². The second kappa shape index (κ2) is 8.55. The van der Waals surface area contributed by atoms with Crippen molar-refractivity contribution in [3.8, 4) is 5.75 Å². The molecule has 0 spiro atoms. The molecule has 0 fully saturated rings. The van der Waals surface area contributed by atoms with Gasteiger partial charge in [-0.2, -0.15) is 0 Å². The van der Waals surface area contributed by atoms with Crippen LogP contribution < -0.4 is 5.32 Å². The topological polar surface area (TPSA) is 105 Å². The van der Waals surface area contributed by atoms with Gasteiger partial charge in [0, 0.05) is 34.0 Å². The molecule has 0 atom stereocenters. The Labute approximate surface area is 188 Å². The summed E-state index contributed by atoms with van der Waals surface area (Å²) in [4.78, 5) is 17.3. The summed E-state index contributed by atoms with van der Waals surface area (Å²) >= 11 is 0. The first-order valence-corrected chi connectivity index (χ1v) is 11.8. The predicted octanol–water partition coefficient (Wildman–Crippen LogP) is 3.40. The molecular weight excluding hydrogens is 428 g/mol. The number of amides is 1. The lowest BCUT2D eigenvalue weighted by molar-refractivity contribution is -0.116. The van der Waals surface area contributed by atoms with Crippen LogP contribution >= 0.6 is 0 Å². The minimum atomic E-state index is -3.55. The fraction of sp³-hybridized carbons (Fsp3) is 0.391. The Morgan fingerprint density at radius 3 is 2.47 bits per heavy atom. The number of fused-ring (bicyclic) bond motifs is 1. The molecule has 0 aliphatic carbocycles. The molecule has 3 rings (SSSR count). The van der Waals surface area contributed by atoms with Gasteiger partial charge >= 0.3 is 0 Å². The van der Waals surface area contributed by atoms with Gasteiger partial charge in [0.1, 0.15) is 11.6 Å². The summed E-state index contributed by atoms with van der Waals surface area (Å²) in [6, 6.07) is 10.0. The first-order valence-electron chi connectivity index (χ1n) is 10.3. The van der Waals surface area contributed by atoms with E-state index in [1.807, 2.05) is 17.7 Å². The van der Waals surface area contributed by atoms with Crippen LogP contribution in [0.2, 0.25) is 0 Å². The van der Waals surface area contributed by atoms with Gasteiger partial charge in [-0.1, -0.05) is 26.8 Å².